The molecule has 1 saturated heterocycles. The monoisotopic (exact) mass is 276 g/mol. The summed E-state index contributed by atoms with van der Waals surface area (Å²) >= 11 is 0. The third-order valence-electron chi connectivity index (χ3n) is 3.88. The van der Waals surface area contributed by atoms with E-state index in [1.54, 1.807) is 4.90 Å². The molecule has 5 nitrogen and oxygen atoms in total. The van der Waals surface area contributed by atoms with Gasteiger partial charge in [0, 0.05) is 30.9 Å². The highest BCUT2D eigenvalue weighted by Gasteiger charge is 2.29. The van der Waals surface area contributed by atoms with Gasteiger partial charge in [0.05, 0.1) is 18.8 Å². The summed E-state index contributed by atoms with van der Waals surface area (Å²) in [5, 5.41) is 12.5. The second kappa shape index (κ2) is 5.42. The van der Waals surface area contributed by atoms with Gasteiger partial charge in [0.2, 0.25) is 0 Å². The van der Waals surface area contributed by atoms with E-state index in [-0.39, 0.29) is 24.7 Å². The second-order valence-corrected chi connectivity index (χ2v) is 5.51. The predicted molar refractivity (Wildman–Crippen MR) is 76.0 cm³/mol. The lowest BCUT2D eigenvalue weighted by Gasteiger charge is -2.36. The topological polar surface area (TPSA) is 61.8 Å². The summed E-state index contributed by atoms with van der Waals surface area (Å²) in [6, 6.07) is 5.82. The van der Waals surface area contributed by atoms with Crippen LogP contribution in [0.5, 0.6) is 0 Å². The molecule has 0 aliphatic carbocycles. The van der Waals surface area contributed by atoms with Gasteiger partial charge in [-0.2, -0.15) is 0 Å². The number of nitrogens with one attached hydrogen (secondary N) is 1. The number of fused-ring (bicyclic) bond motifs is 1. The maximum Gasteiger partial charge on any atom is 0.254 e. The molecule has 2 heterocycles. The largest absolute Gasteiger partial charge is 0.394 e. The first-order valence-corrected chi connectivity index (χ1v) is 7.10. The van der Waals surface area contributed by atoms with Crippen LogP contribution in [0.25, 0.3) is 0 Å². The molecule has 3 rings (SSSR count). The Labute approximate surface area is 118 Å². The maximum absolute atomic E-state index is 12.6. The number of rotatable bonds is 2. The Morgan fingerprint density at radius 1 is 1.50 bits per heavy atom. The zero-order valence-electron chi connectivity index (χ0n) is 11.6. The van der Waals surface area contributed by atoms with E-state index in [1.807, 2.05) is 25.1 Å². The number of carbonyl (C=O) groups is 1. The van der Waals surface area contributed by atoms with Crippen molar-refractivity contribution in [2.75, 3.05) is 31.6 Å². The number of ether oxygens (including phenoxy) is 1. The number of anilines is 1. The van der Waals surface area contributed by atoms with E-state index in [1.165, 1.54) is 5.56 Å². The summed E-state index contributed by atoms with van der Waals surface area (Å²) in [6.07, 6.45) is 0.648. The van der Waals surface area contributed by atoms with Crippen LogP contribution >= 0.6 is 0 Å². The first-order valence-electron chi connectivity index (χ1n) is 7.10. The minimum absolute atomic E-state index is 0.0216. The van der Waals surface area contributed by atoms with Gasteiger partial charge in [-0.1, -0.05) is 0 Å². The van der Waals surface area contributed by atoms with Gasteiger partial charge in [-0.15, -0.1) is 0 Å². The van der Waals surface area contributed by atoms with Crippen LogP contribution in [0.2, 0.25) is 0 Å². The summed E-state index contributed by atoms with van der Waals surface area (Å²) in [5.74, 6) is 0.0216. The molecule has 1 aromatic carbocycles. The van der Waals surface area contributed by atoms with Crippen molar-refractivity contribution in [3.05, 3.63) is 29.3 Å². The van der Waals surface area contributed by atoms with Crippen molar-refractivity contribution in [3.8, 4) is 0 Å². The lowest BCUT2D eigenvalue weighted by molar-refractivity contribution is -0.0858. The molecule has 108 valence electrons. The highest BCUT2D eigenvalue weighted by Crippen LogP contribution is 2.24. The molecule has 0 radical (unpaired) electrons. The minimum atomic E-state index is -0.279. The molecule has 2 atom stereocenters. The van der Waals surface area contributed by atoms with Crippen molar-refractivity contribution in [1.82, 2.24) is 4.90 Å². The predicted octanol–water partition coefficient (Wildman–Crippen LogP) is 0.876. The zero-order valence-corrected chi connectivity index (χ0v) is 11.6. The minimum Gasteiger partial charge on any atom is -0.394 e. The normalized spacial score (nSPS) is 25.2. The van der Waals surface area contributed by atoms with Gasteiger partial charge in [-0.3, -0.25) is 4.79 Å². The molecule has 1 aromatic rings. The van der Waals surface area contributed by atoms with Gasteiger partial charge in [0.25, 0.3) is 5.91 Å². The van der Waals surface area contributed by atoms with Crippen LogP contribution in [0.15, 0.2) is 18.2 Å². The Kier molecular flexibility index (Phi) is 3.63. The molecule has 0 aromatic heterocycles. The number of benzene rings is 1. The van der Waals surface area contributed by atoms with Crippen LogP contribution in [-0.2, 0) is 11.2 Å². The molecule has 2 aliphatic heterocycles. The fourth-order valence-corrected chi connectivity index (χ4v) is 2.93. The van der Waals surface area contributed by atoms with Crippen molar-refractivity contribution in [1.29, 1.82) is 0 Å². The number of amides is 1. The Hall–Kier alpha value is -1.59. The smallest absolute Gasteiger partial charge is 0.254 e. The van der Waals surface area contributed by atoms with Crippen LogP contribution in [-0.4, -0.2) is 54.4 Å². The average molecular weight is 276 g/mol. The SMILES string of the molecule is CC1CN(C(=O)c2ccc3c(c2)CCN3)CC(CO)O1. The van der Waals surface area contributed by atoms with Crippen molar-refractivity contribution in [3.63, 3.8) is 0 Å². The fraction of sp³-hybridized carbons (Fsp3) is 0.533. The van der Waals surface area contributed by atoms with Crippen molar-refractivity contribution >= 4 is 11.6 Å². The third-order valence-corrected chi connectivity index (χ3v) is 3.88. The van der Waals surface area contributed by atoms with Gasteiger partial charge >= 0.3 is 0 Å². The summed E-state index contributed by atoms with van der Waals surface area (Å²) < 4.78 is 5.57. The Balaban J connectivity index is 1.78. The highest BCUT2D eigenvalue weighted by molar-refractivity contribution is 5.95. The molecular weight excluding hydrogens is 256 g/mol. The van der Waals surface area contributed by atoms with Crippen LogP contribution < -0.4 is 5.32 Å². The highest BCUT2D eigenvalue weighted by atomic mass is 16.5. The number of hydrogen-bond acceptors (Lipinski definition) is 4. The molecule has 2 aliphatic rings. The van der Waals surface area contributed by atoms with Gasteiger partial charge in [0.1, 0.15) is 0 Å². The Morgan fingerprint density at radius 3 is 3.15 bits per heavy atom. The van der Waals surface area contributed by atoms with E-state index in [4.69, 9.17) is 4.74 Å². The van der Waals surface area contributed by atoms with E-state index in [0.717, 1.165) is 24.2 Å². The van der Waals surface area contributed by atoms with E-state index < -0.39 is 0 Å². The molecule has 1 fully saturated rings. The number of aliphatic hydroxyl groups is 1. The summed E-state index contributed by atoms with van der Waals surface area (Å²) in [6.45, 7) is 3.84. The van der Waals surface area contributed by atoms with E-state index in [0.29, 0.717) is 13.1 Å². The van der Waals surface area contributed by atoms with E-state index in [9.17, 15) is 9.90 Å². The van der Waals surface area contributed by atoms with Crippen molar-refractivity contribution < 1.29 is 14.6 Å². The van der Waals surface area contributed by atoms with Gasteiger partial charge < -0.3 is 20.1 Å². The Bertz CT molecular complexity index is 518. The maximum atomic E-state index is 12.6. The van der Waals surface area contributed by atoms with Crippen LogP contribution in [0.1, 0.15) is 22.8 Å². The molecule has 5 heteroatoms. The number of aliphatic hydroxyl groups excluding tert-OH is 1. The molecule has 0 saturated carbocycles. The van der Waals surface area contributed by atoms with Crippen molar-refractivity contribution in [2.45, 2.75) is 25.6 Å². The Morgan fingerprint density at radius 2 is 2.35 bits per heavy atom. The summed E-state index contributed by atoms with van der Waals surface area (Å²) in [5.41, 5.74) is 3.05. The number of carbonyl (C=O) groups excluding carboxylic acids is 1. The molecule has 2 N–H and O–H groups in total. The quantitative estimate of drug-likeness (QED) is 0.841. The van der Waals surface area contributed by atoms with Crippen LogP contribution in [0.3, 0.4) is 0 Å². The first kappa shape index (κ1) is 13.4. The first-order chi connectivity index (χ1) is 9.67. The number of hydrogen-bond donors (Lipinski definition) is 2. The molecule has 1 amide bonds. The second-order valence-electron chi connectivity index (χ2n) is 5.51. The molecule has 2 unspecified atom stereocenters. The lowest BCUT2D eigenvalue weighted by Crippen LogP contribution is -2.50. The number of morpholine rings is 1. The van der Waals surface area contributed by atoms with E-state index >= 15 is 0 Å². The van der Waals surface area contributed by atoms with Gasteiger partial charge in [-0.05, 0) is 37.1 Å². The lowest BCUT2D eigenvalue weighted by atomic mass is 10.1. The molecule has 0 bridgehead atoms. The van der Waals surface area contributed by atoms with Crippen molar-refractivity contribution in [2.24, 2.45) is 0 Å². The zero-order chi connectivity index (χ0) is 14.1. The standard InChI is InChI=1S/C15H20N2O3/c1-10-7-17(8-13(9-18)20-10)15(19)12-2-3-14-11(6-12)4-5-16-14/h2-3,6,10,13,16,18H,4-5,7-9H2,1H3. The average Bonchev–Trinajstić information content (AvgIpc) is 2.93. The van der Waals surface area contributed by atoms with Crippen LogP contribution in [0, 0.1) is 0 Å². The number of nitrogens with zero attached hydrogens (tertiary/aromatic N) is 1. The summed E-state index contributed by atoms with van der Waals surface area (Å²) in [7, 11) is 0. The molecule has 0 spiro atoms. The molecule has 20 heavy (non-hydrogen) atoms. The van der Waals surface area contributed by atoms with Gasteiger partial charge in [0.15, 0.2) is 0 Å². The van der Waals surface area contributed by atoms with Crippen LogP contribution in [0.4, 0.5) is 5.69 Å². The fourth-order valence-electron chi connectivity index (χ4n) is 2.93. The summed E-state index contributed by atoms with van der Waals surface area (Å²) in [4.78, 5) is 14.4. The third kappa shape index (κ3) is 2.51. The van der Waals surface area contributed by atoms with Gasteiger partial charge in [-0.25, -0.2) is 0 Å². The molecular formula is C15H20N2O3. The van der Waals surface area contributed by atoms with E-state index in [2.05, 4.69) is 5.32 Å².